The number of nitrogens with one attached hydrogen (secondary N) is 5. The third kappa shape index (κ3) is 8.07. The van der Waals surface area contributed by atoms with E-state index in [-0.39, 0.29) is 35.7 Å². The maximum Gasteiger partial charge on any atom is 0.407 e. The van der Waals surface area contributed by atoms with Gasteiger partial charge in [0.15, 0.2) is 0 Å². The lowest BCUT2D eigenvalue weighted by molar-refractivity contribution is -0.139. The van der Waals surface area contributed by atoms with E-state index < -0.39 is 30.7 Å². The average Bonchev–Trinajstić information content (AvgIpc) is 4.14. The third-order valence-electron chi connectivity index (χ3n) is 13.1. The van der Waals surface area contributed by atoms with E-state index in [2.05, 4.69) is 72.9 Å². The fourth-order valence-electron chi connectivity index (χ4n) is 9.71. The standard InChI is InChI=1S/C47H56N10O6/c1-25(2)41(53-40(59)24-58)45(60)56-15-6-8-38(56)43-49-32-12-10-28(19-36(32)51-43)34-20-29-18-27-14-17-55(23-30(27)21-35(29)48-34)31-11-13-33-37(22-31)52-44(50-33)39-9-7-16-57(39)46(61)42(26(3)4)54-47(62)63-5/h10-13,18-22,25-26,38-39,41-42,48,58H,6-9,14-17,23-24H2,1-5H3,(H,49,51)(H,50,52)(H,53,59)(H,54,62)/t38?,39?,41-,42+/m0/s1. The number of benzene rings is 3. The number of rotatable bonds is 11. The van der Waals surface area contributed by atoms with E-state index in [0.717, 1.165) is 107 Å². The van der Waals surface area contributed by atoms with Gasteiger partial charge in [0.25, 0.3) is 0 Å². The molecule has 16 heteroatoms. The second-order valence-electron chi connectivity index (χ2n) is 17.9. The van der Waals surface area contributed by atoms with Crippen molar-refractivity contribution in [1.82, 2.24) is 45.4 Å². The Morgan fingerprint density at radius 1 is 0.746 bits per heavy atom. The van der Waals surface area contributed by atoms with Gasteiger partial charge in [-0.05, 0) is 104 Å². The summed E-state index contributed by atoms with van der Waals surface area (Å²) in [5.74, 6) is 0.377. The van der Waals surface area contributed by atoms with Gasteiger partial charge in [-0.25, -0.2) is 14.8 Å². The molecular weight excluding hydrogens is 801 g/mol. The van der Waals surface area contributed by atoms with E-state index in [1.54, 1.807) is 4.90 Å². The van der Waals surface area contributed by atoms with Crippen molar-refractivity contribution in [2.45, 2.75) is 90.5 Å². The van der Waals surface area contributed by atoms with Crippen molar-refractivity contribution in [2.24, 2.45) is 11.8 Å². The molecule has 63 heavy (non-hydrogen) atoms. The number of aliphatic hydroxyl groups is 1. The van der Waals surface area contributed by atoms with Gasteiger partial charge in [-0.2, -0.15) is 0 Å². The highest BCUT2D eigenvalue weighted by Gasteiger charge is 2.39. The van der Waals surface area contributed by atoms with Crippen LogP contribution in [0, 0.1) is 11.8 Å². The molecule has 9 rings (SSSR count). The first kappa shape index (κ1) is 41.9. The molecule has 3 aliphatic rings. The monoisotopic (exact) mass is 856 g/mol. The molecule has 0 spiro atoms. The lowest BCUT2D eigenvalue weighted by Gasteiger charge is -2.31. The Kier molecular flexibility index (Phi) is 11.3. The number of aliphatic hydroxyl groups excluding tert-OH is 1. The number of hydrogen-bond donors (Lipinski definition) is 6. The number of nitrogens with zero attached hydrogens (tertiary/aromatic N) is 5. The highest BCUT2D eigenvalue weighted by Crippen LogP contribution is 2.37. The van der Waals surface area contributed by atoms with Crippen molar-refractivity contribution in [3.8, 4) is 11.3 Å². The molecule has 6 aromatic rings. The second kappa shape index (κ2) is 17.0. The third-order valence-corrected chi connectivity index (χ3v) is 13.1. The molecule has 2 unspecified atom stereocenters. The fraction of sp³-hybridized carbons (Fsp3) is 0.447. The van der Waals surface area contributed by atoms with Gasteiger partial charge in [-0.15, -0.1) is 0 Å². The summed E-state index contributed by atoms with van der Waals surface area (Å²) in [6.07, 6.45) is 3.53. The number of hydrogen-bond acceptors (Lipinski definition) is 9. The minimum absolute atomic E-state index is 0.106. The molecule has 0 radical (unpaired) electrons. The van der Waals surface area contributed by atoms with Crippen molar-refractivity contribution in [3.05, 3.63) is 77.4 Å². The number of carbonyl (C=O) groups is 4. The summed E-state index contributed by atoms with van der Waals surface area (Å²) in [6, 6.07) is 17.4. The molecule has 0 aliphatic carbocycles. The number of methoxy groups -OCH3 is 1. The topological polar surface area (TPSA) is 205 Å². The van der Waals surface area contributed by atoms with Crippen molar-refractivity contribution in [2.75, 3.05) is 38.3 Å². The molecule has 4 atom stereocenters. The van der Waals surface area contributed by atoms with Crippen molar-refractivity contribution >= 4 is 62.5 Å². The summed E-state index contributed by atoms with van der Waals surface area (Å²) in [6.45, 7) is 9.74. The van der Waals surface area contributed by atoms with Gasteiger partial charge in [0.05, 0.1) is 41.3 Å². The number of carbonyl (C=O) groups excluding carboxylic acids is 4. The number of ether oxygens (including phenoxy) is 1. The zero-order valence-electron chi connectivity index (χ0n) is 36.5. The van der Waals surface area contributed by atoms with Gasteiger partial charge >= 0.3 is 6.09 Å². The van der Waals surface area contributed by atoms with Crippen LogP contribution in [0.15, 0.2) is 54.6 Å². The highest BCUT2D eigenvalue weighted by atomic mass is 16.5. The Morgan fingerprint density at radius 2 is 1.37 bits per heavy atom. The van der Waals surface area contributed by atoms with Crippen molar-refractivity contribution in [3.63, 3.8) is 0 Å². The number of imidazole rings is 2. The molecule has 0 saturated carbocycles. The fourth-order valence-corrected chi connectivity index (χ4v) is 9.71. The first-order valence-electron chi connectivity index (χ1n) is 22.1. The Morgan fingerprint density at radius 3 is 1.98 bits per heavy atom. The number of aromatic amines is 3. The lowest BCUT2D eigenvalue weighted by atomic mass is 9.97. The van der Waals surface area contributed by atoms with Crippen LogP contribution < -0.4 is 15.5 Å². The van der Waals surface area contributed by atoms with E-state index in [0.29, 0.717) is 13.1 Å². The van der Waals surface area contributed by atoms with Gasteiger partial charge in [0.1, 0.15) is 30.3 Å². The summed E-state index contributed by atoms with van der Waals surface area (Å²) in [7, 11) is 1.30. The molecule has 3 aromatic heterocycles. The normalized spacial score (nSPS) is 18.8. The first-order chi connectivity index (χ1) is 30.4. The minimum atomic E-state index is -0.726. The second-order valence-corrected chi connectivity index (χ2v) is 17.9. The molecule has 2 fully saturated rings. The van der Waals surface area contributed by atoms with Crippen LogP contribution in [0.3, 0.4) is 0 Å². The Labute approximate surface area is 365 Å². The van der Waals surface area contributed by atoms with Crippen LogP contribution in [0.1, 0.15) is 88.2 Å². The summed E-state index contributed by atoms with van der Waals surface area (Å²) < 4.78 is 4.79. The molecule has 3 aromatic carbocycles. The molecule has 3 aliphatic heterocycles. The molecule has 4 amide bonds. The van der Waals surface area contributed by atoms with Gasteiger partial charge < -0.3 is 50.1 Å². The number of alkyl carbamates (subject to hydrolysis) is 1. The van der Waals surface area contributed by atoms with Crippen LogP contribution in [0.2, 0.25) is 0 Å². The average molecular weight is 857 g/mol. The maximum absolute atomic E-state index is 13.7. The summed E-state index contributed by atoms with van der Waals surface area (Å²) in [5.41, 5.74) is 10.3. The van der Waals surface area contributed by atoms with Gasteiger partial charge in [0, 0.05) is 54.0 Å². The smallest absolute Gasteiger partial charge is 0.407 e. The van der Waals surface area contributed by atoms with E-state index in [4.69, 9.17) is 14.7 Å². The van der Waals surface area contributed by atoms with Gasteiger partial charge in [-0.1, -0.05) is 33.8 Å². The predicted molar refractivity (Wildman–Crippen MR) is 240 cm³/mol. The van der Waals surface area contributed by atoms with E-state index >= 15 is 0 Å². The van der Waals surface area contributed by atoms with Crippen LogP contribution in [-0.2, 0) is 32.1 Å². The van der Waals surface area contributed by atoms with Crippen LogP contribution in [-0.4, -0.2) is 109 Å². The highest BCUT2D eigenvalue weighted by molar-refractivity contribution is 5.91. The molecule has 330 valence electrons. The Bertz CT molecular complexity index is 2720. The molecule has 16 nitrogen and oxygen atoms in total. The van der Waals surface area contributed by atoms with E-state index in [9.17, 15) is 24.3 Å². The Hall–Kier alpha value is -6.42. The van der Waals surface area contributed by atoms with Crippen LogP contribution >= 0.6 is 0 Å². The molecule has 2 saturated heterocycles. The van der Waals surface area contributed by atoms with Gasteiger partial charge in [0.2, 0.25) is 17.7 Å². The Balaban J connectivity index is 0.905. The van der Waals surface area contributed by atoms with E-state index in [1.165, 1.54) is 18.2 Å². The first-order valence-corrected chi connectivity index (χ1v) is 22.1. The van der Waals surface area contributed by atoms with Crippen molar-refractivity contribution < 1.29 is 29.0 Å². The number of fused-ring (bicyclic) bond motifs is 4. The minimum Gasteiger partial charge on any atom is -0.453 e. The van der Waals surface area contributed by atoms with Crippen molar-refractivity contribution in [1.29, 1.82) is 0 Å². The maximum atomic E-state index is 13.7. The van der Waals surface area contributed by atoms with Crippen LogP contribution in [0.5, 0.6) is 0 Å². The largest absolute Gasteiger partial charge is 0.453 e. The zero-order chi connectivity index (χ0) is 44.1. The quantitative estimate of drug-likeness (QED) is 0.0905. The van der Waals surface area contributed by atoms with Gasteiger partial charge in [-0.3, -0.25) is 14.4 Å². The predicted octanol–water partition coefficient (Wildman–Crippen LogP) is 5.99. The molecule has 0 bridgehead atoms. The number of H-pyrrole nitrogens is 3. The summed E-state index contributed by atoms with van der Waals surface area (Å²) in [4.78, 5) is 78.1. The molecule has 6 N–H and O–H groups in total. The number of aromatic nitrogens is 5. The van der Waals surface area contributed by atoms with Crippen LogP contribution in [0.25, 0.3) is 44.2 Å². The SMILES string of the molecule is COC(=O)N[C@@H](C(=O)N1CCCC1c1nc2ccc(N3CCc4cc5cc(-c6ccc7nc(C8CCCN8C(=O)[C@@H](NC(=O)CO)C(C)C)[nH]c7c6)[nH]c5cc4C3)cc2[nH]1)C(C)C. The zero-order valence-corrected chi connectivity index (χ0v) is 36.5. The molecular formula is C47H56N10O6. The number of likely N-dealkylation sites (tertiary alicyclic amines) is 2. The lowest BCUT2D eigenvalue weighted by Crippen LogP contribution is -2.51. The van der Waals surface area contributed by atoms with Crippen LogP contribution in [0.4, 0.5) is 10.5 Å². The summed E-state index contributed by atoms with van der Waals surface area (Å²) >= 11 is 0. The number of amides is 4. The number of anilines is 1. The van der Waals surface area contributed by atoms with E-state index in [1.807, 2.05) is 44.7 Å². The summed E-state index contributed by atoms with van der Waals surface area (Å²) in [5, 5.41) is 15.9. The molecule has 6 heterocycles.